The van der Waals surface area contributed by atoms with Gasteiger partial charge in [0.1, 0.15) is 23.5 Å². The summed E-state index contributed by atoms with van der Waals surface area (Å²) in [5, 5.41) is 7.43. The number of anilines is 1. The van der Waals surface area contributed by atoms with E-state index in [9.17, 15) is 9.59 Å². The maximum absolute atomic E-state index is 13.4. The third-order valence-electron chi connectivity index (χ3n) is 6.32. The van der Waals surface area contributed by atoms with Crippen LogP contribution in [-0.2, 0) is 11.3 Å². The molecule has 2 aromatic carbocycles. The van der Waals surface area contributed by atoms with Crippen LogP contribution in [0.3, 0.4) is 0 Å². The smallest absolute Gasteiger partial charge is 0.263 e. The van der Waals surface area contributed by atoms with E-state index in [2.05, 4.69) is 20.4 Å². The summed E-state index contributed by atoms with van der Waals surface area (Å²) in [6.45, 7) is 7.71. The Morgan fingerprint density at radius 1 is 1.00 bits per heavy atom. The van der Waals surface area contributed by atoms with E-state index in [-0.39, 0.29) is 29.3 Å². The predicted octanol–water partition coefficient (Wildman–Crippen LogP) is 4.99. The molecule has 0 fully saturated rings. The second-order valence-corrected chi connectivity index (χ2v) is 9.30. The lowest BCUT2D eigenvalue weighted by Crippen LogP contribution is -2.23. The molecule has 192 valence electrons. The molecule has 5 aromatic rings. The number of hydrogen-bond acceptors (Lipinski definition) is 7. The molecule has 3 aromatic heterocycles. The van der Waals surface area contributed by atoms with Crippen molar-refractivity contribution in [3.63, 3.8) is 0 Å². The van der Waals surface area contributed by atoms with E-state index in [1.165, 1.54) is 0 Å². The van der Waals surface area contributed by atoms with Crippen LogP contribution in [0.2, 0.25) is 0 Å². The van der Waals surface area contributed by atoms with Crippen LogP contribution in [0.1, 0.15) is 22.4 Å². The highest BCUT2D eigenvalue weighted by Gasteiger charge is 2.20. The monoisotopic (exact) mass is 509 g/mol. The lowest BCUT2D eigenvalue weighted by atomic mass is 10.1. The predicted molar refractivity (Wildman–Crippen MR) is 145 cm³/mol. The fraction of sp³-hybridized carbons (Fsp3) is 0.207. The first-order chi connectivity index (χ1) is 18.2. The zero-order valence-corrected chi connectivity index (χ0v) is 21.8. The molecule has 3 heterocycles. The van der Waals surface area contributed by atoms with Gasteiger partial charge in [0.15, 0.2) is 0 Å². The number of amides is 1. The van der Waals surface area contributed by atoms with E-state index >= 15 is 0 Å². The molecule has 0 aliphatic heterocycles. The minimum absolute atomic E-state index is 0.0580. The highest BCUT2D eigenvalue weighted by Crippen LogP contribution is 2.25. The zero-order chi connectivity index (χ0) is 27.0. The summed E-state index contributed by atoms with van der Waals surface area (Å²) in [6.07, 6.45) is 1.55. The van der Waals surface area contributed by atoms with Crippen LogP contribution in [0.15, 0.2) is 64.0 Å². The summed E-state index contributed by atoms with van der Waals surface area (Å²) in [6, 6.07) is 14.7. The Bertz CT molecular complexity index is 1710. The van der Waals surface area contributed by atoms with Gasteiger partial charge >= 0.3 is 0 Å². The molecule has 0 saturated heterocycles. The summed E-state index contributed by atoms with van der Waals surface area (Å²) in [5.41, 5.74) is 5.58. The average molecular weight is 510 g/mol. The number of aromatic nitrogens is 4. The Morgan fingerprint density at radius 3 is 2.39 bits per heavy atom. The average Bonchev–Trinajstić information content (AvgIpc) is 3.38. The summed E-state index contributed by atoms with van der Waals surface area (Å²) >= 11 is 0. The number of nitrogens with one attached hydrogen (secondary N) is 1. The van der Waals surface area contributed by atoms with Crippen molar-refractivity contribution in [2.24, 2.45) is 0 Å². The topological polar surface area (TPSA) is 112 Å². The van der Waals surface area contributed by atoms with Crippen molar-refractivity contribution >= 4 is 22.6 Å². The molecule has 0 unspecified atom stereocenters. The standard InChI is InChI=1S/C29H27N5O4/c1-16-12-17(2)25(18(3)13-16)31-24(35)15-34-14-23(26(36)22-11-6-19(4)30-28(22)34)29-32-27(33-38-29)20-7-9-21(37-5)10-8-20/h6-14H,15H2,1-5H3,(H,31,35). The minimum Gasteiger partial charge on any atom is -0.497 e. The van der Waals surface area contributed by atoms with Crippen molar-refractivity contribution in [3.05, 3.63) is 87.3 Å². The van der Waals surface area contributed by atoms with E-state index in [4.69, 9.17) is 9.26 Å². The molecule has 0 aliphatic carbocycles. The third kappa shape index (κ3) is 4.78. The number of methoxy groups -OCH3 is 1. The number of benzene rings is 2. The van der Waals surface area contributed by atoms with Crippen LogP contribution in [0.5, 0.6) is 5.75 Å². The van der Waals surface area contributed by atoms with Gasteiger partial charge in [-0.15, -0.1) is 0 Å². The Labute approximate surface area is 219 Å². The lowest BCUT2D eigenvalue weighted by Gasteiger charge is -2.15. The fourth-order valence-corrected chi connectivity index (χ4v) is 4.53. The van der Waals surface area contributed by atoms with Crippen LogP contribution in [-0.4, -0.2) is 32.7 Å². The first kappa shape index (κ1) is 24.9. The quantitative estimate of drug-likeness (QED) is 0.343. The molecule has 0 saturated carbocycles. The van der Waals surface area contributed by atoms with Crippen molar-refractivity contribution in [3.8, 4) is 28.6 Å². The van der Waals surface area contributed by atoms with Crippen LogP contribution >= 0.6 is 0 Å². The normalized spacial score (nSPS) is 11.1. The highest BCUT2D eigenvalue weighted by molar-refractivity contribution is 5.93. The first-order valence-corrected chi connectivity index (χ1v) is 12.1. The minimum atomic E-state index is -0.306. The van der Waals surface area contributed by atoms with Crippen molar-refractivity contribution in [1.82, 2.24) is 19.7 Å². The van der Waals surface area contributed by atoms with E-state index in [1.54, 1.807) is 54.3 Å². The molecule has 9 heteroatoms. The van der Waals surface area contributed by atoms with Crippen LogP contribution in [0, 0.1) is 27.7 Å². The number of pyridine rings is 2. The Kier molecular flexibility index (Phi) is 6.50. The number of rotatable bonds is 6. The van der Waals surface area contributed by atoms with Crippen molar-refractivity contribution in [2.45, 2.75) is 34.2 Å². The summed E-state index contributed by atoms with van der Waals surface area (Å²) in [5.74, 6) is 0.845. The molecule has 9 nitrogen and oxygen atoms in total. The van der Waals surface area contributed by atoms with Gasteiger partial charge in [0.2, 0.25) is 17.2 Å². The van der Waals surface area contributed by atoms with Gasteiger partial charge < -0.3 is 19.1 Å². The van der Waals surface area contributed by atoms with E-state index in [1.807, 2.05) is 39.8 Å². The van der Waals surface area contributed by atoms with E-state index in [0.717, 1.165) is 28.1 Å². The second-order valence-electron chi connectivity index (χ2n) is 9.30. The van der Waals surface area contributed by atoms with Crippen LogP contribution < -0.4 is 15.5 Å². The molecule has 1 amide bonds. The van der Waals surface area contributed by atoms with Crippen molar-refractivity contribution < 1.29 is 14.1 Å². The maximum Gasteiger partial charge on any atom is 0.263 e. The third-order valence-corrected chi connectivity index (χ3v) is 6.32. The van der Waals surface area contributed by atoms with Gasteiger partial charge in [0.25, 0.3) is 5.89 Å². The van der Waals surface area contributed by atoms with Crippen molar-refractivity contribution in [2.75, 3.05) is 12.4 Å². The summed E-state index contributed by atoms with van der Waals surface area (Å²) in [7, 11) is 1.59. The van der Waals surface area contributed by atoms with Gasteiger partial charge in [-0.25, -0.2) is 4.98 Å². The maximum atomic E-state index is 13.4. The van der Waals surface area contributed by atoms with Crippen LogP contribution in [0.4, 0.5) is 5.69 Å². The molecule has 38 heavy (non-hydrogen) atoms. The Hall–Kier alpha value is -4.79. The molecular formula is C29H27N5O4. The Morgan fingerprint density at radius 2 is 1.71 bits per heavy atom. The first-order valence-electron chi connectivity index (χ1n) is 12.1. The van der Waals surface area contributed by atoms with Gasteiger partial charge in [-0.05, 0) is 75.2 Å². The number of carbonyl (C=O) groups is 1. The van der Waals surface area contributed by atoms with Gasteiger partial charge in [0, 0.05) is 23.1 Å². The fourth-order valence-electron chi connectivity index (χ4n) is 4.53. The van der Waals surface area contributed by atoms with Gasteiger partial charge in [-0.3, -0.25) is 9.59 Å². The zero-order valence-electron chi connectivity index (χ0n) is 21.8. The molecular weight excluding hydrogens is 482 g/mol. The summed E-state index contributed by atoms with van der Waals surface area (Å²) < 4.78 is 12.3. The largest absolute Gasteiger partial charge is 0.497 e. The van der Waals surface area contributed by atoms with E-state index < -0.39 is 0 Å². The molecule has 0 atom stereocenters. The Balaban J connectivity index is 1.54. The molecule has 0 aliphatic rings. The molecule has 0 spiro atoms. The van der Waals surface area contributed by atoms with Gasteiger partial charge in [0.05, 0.1) is 12.5 Å². The summed E-state index contributed by atoms with van der Waals surface area (Å²) in [4.78, 5) is 35.6. The molecule has 5 rings (SSSR count). The van der Waals surface area contributed by atoms with Crippen LogP contribution in [0.25, 0.3) is 33.9 Å². The number of ether oxygens (including phenoxy) is 1. The second kappa shape index (κ2) is 9.93. The number of hydrogen-bond donors (Lipinski definition) is 1. The van der Waals surface area contributed by atoms with Gasteiger partial charge in [-0.2, -0.15) is 4.98 Å². The molecule has 0 bridgehead atoms. The highest BCUT2D eigenvalue weighted by atomic mass is 16.5. The van der Waals surface area contributed by atoms with E-state index in [0.29, 0.717) is 28.2 Å². The van der Waals surface area contributed by atoms with Crippen molar-refractivity contribution in [1.29, 1.82) is 0 Å². The number of fused-ring (bicyclic) bond motifs is 1. The lowest BCUT2D eigenvalue weighted by molar-refractivity contribution is -0.116. The molecule has 0 radical (unpaired) electrons. The SMILES string of the molecule is COc1ccc(-c2noc(-c3cn(CC(=O)Nc4c(C)cc(C)cc4C)c4nc(C)ccc4c3=O)n2)cc1. The number of nitrogens with zero attached hydrogens (tertiary/aromatic N) is 4. The van der Waals surface area contributed by atoms with Gasteiger partial charge in [-0.1, -0.05) is 22.9 Å². The number of carbonyl (C=O) groups excluding carboxylic acids is 1. The molecule has 1 N–H and O–H groups in total. The number of aryl methyl sites for hydroxylation is 4.